The number of aliphatic hydroxyl groups is 1. The van der Waals surface area contributed by atoms with Gasteiger partial charge in [-0.25, -0.2) is 4.79 Å². The zero-order valence-electron chi connectivity index (χ0n) is 22.9. The lowest BCUT2D eigenvalue weighted by Gasteiger charge is -2.42. The Morgan fingerprint density at radius 2 is 2.14 bits per heavy atom. The van der Waals surface area contributed by atoms with E-state index in [1.165, 1.54) is 7.11 Å². The third-order valence-electron chi connectivity index (χ3n) is 7.30. The predicted molar refractivity (Wildman–Crippen MR) is 145 cm³/mol. The summed E-state index contributed by atoms with van der Waals surface area (Å²) in [4.78, 5) is 12.4. The normalized spacial score (nSPS) is 29.4. The van der Waals surface area contributed by atoms with Crippen molar-refractivity contribution >= 4 is 23.4 Å². The van der Waals surface area contributed by atoms with Crippen LogP contribution >= 0.6 is 11.6 Å². The van der Waals surface area contributed by atoms with Crippen LogP contribution in [0.5, 0.6) is 5.75 Å². The van der Waals surface area contributed by atoms with Crippen LogP contribution < -0.4 is 15.4 Å². The highest BCUT2D eigenvalue weighted by Gasteiger charge is 2.58. The smallest absolute Gasteiger partial charge is 0.409 e. The fourth-order valence-electron chi connectivity index (χ4n) is 5.26. The monoisotopic (exact) mass is 536 g/mol. The molecule has 2 saturated heterocycles. The largest absolute Gasteiger partial charge is 0.495 e. The van der Waals surface area contributed by atoms with E-state index in [-0.39, 0.29) is 24.0 Å². The zero-order chi connectivity index (χ0) is 27.4. The Morgan fingerprint density at radius 1 is 1.41 bits per heavy atom. The van der Waals surface area contributed by atoms with E-state index in [1.54, 1.807) is 13.2 Å². The molecule has 0 aliphatic carbocycles. The Hall–Kier alpha value is -2.26. The molecule has 6 atom stereocenters. The quantitative estimate of drug-likeness (QED) is 0.248. The maximum Gasteiger partial charge on any atom is 0.409 e. The van der Waals surface area contributed by atoms with Crippen LogP contribution in [0.15, 0.2) is 35.9 Å². The third kappa shape index (κ3) is 6.79. The fraction of sp³-hybridized carbons (Fsp3) is 0.607. The van der Waals surface area contributed by atoms with E-state index in [4.69, 9.17) is 30.5 Å². The number of rotatable bonds is 12. The van der Waals surface area contributed by atoms with E-state index in [2.05, 4.69) is 24.5 Å². The van der Waals surface area contributed by atoms with Gasteiger partial charge in [0.25, 0.3) is 0 Å². The molecule has 2 aliphatic rings. The van der Waals surface area contributed by atoms with Crippen molar-refractivity contribution in [3.63, 3.8) is 0 Å². The van der Waals surface area contributed by atoms with Crippen molar-refractivity contribution in [1.29, 1.82) is 0 Å². The first kappa shape index (κ1) is 29.3. The molecule has 206 valence electrons. The van der Waals surface area contributed by atoms with E-state index in [0.717, 1.165) is 29.7 Å². The zero-order valence-corrected chi connectivity index (χ0v) is 23.6. The van der Waals surface area contributed by atoms with Gasteiger partial charge in [0.2, 0.25) is 0 Å². The van der Waals surface area contributed by atoms with Crippen LogP contribution in [-0.4, -0.2) is 62.1 Å². The summed E-state index contributed by atoms with van der Waals surface area (Å²) in [7, 11) is 4.91. The maximum absolute atomic E-state index is 12.4. The van der Waals surface area contributed by atoms with Gasteiger partial charge in [-0.15, -0.1) is 0 Å². The van der Waals surface area contributed by atoms with Crippen LogP contribution in [0.4, 0.5) is 10.5 Å². The molecule has 2 heterocycles. The molecular weight excluding hydrogens is 496 g/mol. The van der Waals surface area contributed by atoms with Gasteiger partial charge in [0.05, 0.1) is 24.5 Å². The molecule has 3 unspecified atom stereocenters. The highest BCUT2D eigenvalue weighted by Crippen LogP contribution is 2.47. The predicted octanol–water partition coefficient (Wildman–Crippen LogP) is 5.23. The third-order valence-corrected chi connectivity index (χ3v) is 7.69. The average molecular weight is 537 g/mol. The van der Waals surface area contributed by atoms with Gasteiger partial charge >= 0.3 is 6.09 Å². The molecule has 8 nitrogen and oxygen atoms in total. The second-order valence-electron chi connectivity index (χ2n) is 10.3. The molecular formula is C28H41ClN2O6. The number of carbonyl (C=O) groups excluding carboxylic acids is 1. The van der Waals surface area contributed by atoms with Gasteiger partial charge in [-0.1, -0.05) is 55.7 Å². The van der Waals surface area contributed by atoms with E-state index < -0.39 is 24.0 Å². The number of hydrogen-bond acceptors (Lipinski definition) is 7. The van der Waals surface area contributed by atoms with Gasteiger partial charge in [0, 0.05) is 26.5 Å². The summed E-state index contributed by atoms with van der Waals surface area (Å²) in [5.74, 6) is 0.552. The van der Waals surface area contributed by atoms with Crippen molar-refractivity contribution in [2.45, 2.75) is 83.0 Å². The maximum atomic E-state index is 12.4. The van der Waals surface area contributed by atoms with Gasteiger partial charge in [0.1, 0.15) is 23.0 Å². The average Bonchev–Trinajstić information content (AvgIpc) is 3.52. The number of hydrogen-bond donors (Lipinski definition) is 3. The first-order valence-electron chi connectivity index (χ1n) is 12.8. The number of allylic oxidation sites excluding steroid dienone is 3. The Bertz CT molecular complexity index is 1000. The summed E-state index contributed by atoms with van der Waals surface area (Å²) in [6.45, 7) is 8.22. The summed E-state index contributed by atoms with van der Waals surface area (Å²) in [6, 6.07) is 3.90. The minimum atomic E-state index is -1.61. The molecule has 1 amide bonds. The van der Waals surface area contributed by atoms with Crippen molar-refractivity contribution in [3.05, 3.63) is 46.5 Å². The van der Waals surface area contributed by atoms with Crippen LogP contribution in [0.25, 0.3) is 0 Å². The van der Waals surface area contributed by atoms with Crippen molar-refractivity contribution in [1.82, 2.24) is 5.32 Å². The Morgan fingerprint density at radius 3 is 2.76 bits per heavy atom. The van der Waals surface area contributed by atoms with Crippen LogP contribution in [0.2, 0.25) is 5.02 Å². The summed E-state index contributed by atoms with van der Waals surface area (Å²) in [5.41, 5.74) is 1.11. The lowest BCUT2D eigenvalue weighted by Crippen LogP contribution is -2.63. The molecule has 0 radical (unpaired) electrons. The molecule has 0 bridgehead atoms. The molecule has 0 aromatic heterocycles. The molecule has 3 N–H and O–H groups in total. The first-order chi connectivity index (χ1) is 17.5. The number of ether oxygens (including phenoxy) is 4. The Kier molecular flexibility index (Phi) is 9.56. The van der Waals surface area contributed by atoms with Gasteiger partial charge < -0.3 is 29.4 Å². The number of anilines is 1. The molecule has 0 spiro atoms. The van der Waals surface area contributed by atoms with Crippen LogP contribution in [-0.2, 0) is 20.6 Å². The molecule has 9 heteroatoms. The van der Waals surface area contributed by atoms with E-state index >= 15 is 0 Å². The van der Waals surface area contributed by atoms with E-state index in [9.17, 15) is 9.90 Å². The van der Waals surface area contributed by atoms with Crippen molar-refractivity contribution < 1.29 is 28.8 Å². The molecule has 2 aliphatic heterocycles. The number of epoxide rings is 1. The number of benzene rings is 1. The number of amides is 1. The molecule has 37 heavy (non-hydrogen) atoms. The van der Waals surface area contributed by atoms with Crippen LogP contribution in [0, 0.1) is 5.92 Å². The molecule has 1 aromatic carbocycles. The lowest BCUT2D eigenvalue weighted by atomic mass is 9.85. The molecule has 2 fully saturated rings. The summed E-state index contributed by atoms with van der Waals surface area (Å²) in [6.07, 6.45) is 6.41. The molecule has 1 aromatic rings. The number of methoxy groups -OCH3 is 2. The topological polar surface area (TPSA) is 102 Å². The van der Waals surface area contributed by atoms with Crippen molar-refractivity contribution in [2.75, 3.05) is 26.6 Å². The number of cyclic esters (lactones) is 1. The van der Waals surface area contributed by atoms with Crippen LogP contribution in [0.3, 0.4) is 0 Å². The Balaban J connectivity index is 1.69. The highest BCUT2D eigenvalue weighted by atomic mass is 35.5. The van der Waals surface area contributed by atoms with E-state index in [0.29, 0.717) is 17.2 Å². The second-order valence-corrected chi connectivity index (χ2v) is 10.7. The van der Waals surface area contributed by atoms with Crippen LogP contribution in [0.1, 0.15) is 52.5 Å². The van der Waals surface area contributed by atoms with Gasteiger partial charge in [0.15, 0.2) is 5.72 Å². The minimum absolute atomic E-state index is 0.00960. The minimum Gasteiger partial charge on any atom is -0.495 e. The summed E-state index contributed by atoms with van der Waals surface area (Å²) >= 11 is 6.33. The number of nitrogens with one attached hydrogen (secondary N) is 2. The first-order valence-corrected chi connectivity index (χ1v) is 13.2. The number of alkyl carbamates (subject to hydrolysis) is 1. The molecule has 3 rings (SSSR count). The van der Waals surface area contributed by atoms with Gasteiger partial charge in [-0.05, 0) is 44.4 Å². The van der Waals surface area contributed by atoms with Gasteiger partial charge in [-0.3, -0.25) is 5.32 Å². The van der Waals surface area contributed by atoms with Gasteiger partial charge in [-0.2, -0.15) is 0 Å². The fourth-order valence-corrected chi connectivity index (χ4v) is 5.54. The molecule has 0 saturated carbocycles. The standard InChI is InChI=1S/C28H41ClN2O6/c1-8-12-27(4)25(37-27)18(3)22-16-28(33,31-26(32)36-22)23(35-7)11-9-10-17(2)13-19-14-20(30-5)24(29)21(15-19)34-6/h9-11,14-15,18,22-23,25,30,33H,8,12-13,16H2,1-7H3,(H,31,32)/b11-9+,17-10+/t18-,22?,23-,25?,27?,28+/m1/s1. The van der Waals surface area contributed by atoms with Crippen molar-refractivity contribution in [3.8, 4) is 5.75 Å². The number of halogens is 1. The lowest BCUT2D eigenvalue weighted by molar-refractivity contribution is -0.142. The van der Waals surface area contributed by atoms with E-state index in [1.807, 2.05) is 45.2 Å². The summed E-state index contributed by atoms with van der Waals surface area (Å²) in [5, 5.41) is 17.6. The SMILES string of the molecule is CCCC1(C)OC1[C@H](C)C1C[C@](O)([C@@H](/C=C/C=C(\C)Cc2cc(NC)c(Cl)c(OC)c2)OC)NC(=O)O1. The van der Waals surface area contributed by atoms with Crippen molar-refractivity contribution in [2.24, 2.45) is 5.92 Å². The number of carbonyl (C=O) groups is 1. The summed E-state index contributed by atoms with van der Waals surface area (Å²) < 4.78 is 22.5. The second kappa shape index (κ2) is 12.1. The Labute approximate surface area is 225 Å². The highest BCUT2D eigenvalue weighted by molar-refractivity contribution is 6.34.